The molecule has 0 fully saturated rings. The minimum atomic E-state index is -1.41. The summed E-state index contributed by atoms with van der Waals surface area (Å²) in [5.74, 6) is -2.40. The zero-order valence-electron chi connectivity index (χ0n) is 13.1. The number of aliphatic carboxylic acids is 2. The number of aromatic amines is 1. The second kappa shape index (κ2) is 8.97. The SMILES string of the molecule is O=C(O)C[C@H](NC(=O)CCCCSc1ncnc2nc[nH]c12)C(=O)O. The highest BCUT2D eigenvalue weighted by atomic mass is 32.2. The zero-order chi connectivity index (χ0) is 18.2. The highest BCUT2D eigenvalue weighted by molar-refractivity contribution is 7.99. The third kappa shape index (κ3) is 5.71. The van der Waals surface area contributed by atoms with Gasteiger partial charge in [0.2, 0.25) is 5.91 Å². The molecule has 4 N–H and O–H groups in total. The summed E-state index contributed by atoms with van der Waals surface area (Å²) >= 11 is 1.51. The van der Waals surface area contributed by atoms with Gasteiger partial charge >= 0.3 is 11.9 Å². The predicted molar refractivity (Wildman–Crippen MR) is 88.1 cm³/mol. The second-order valence-corrected chi connectivity index (χ2v) is 6.23. The van der Waals surface area contributed by atoms with Gasteiger partial charge in [0, 0.05) is 6.42 Å². The number of fused-ring (bicyclic) bond motifs is 1. The molecule has 134 valence electrons. The third-order valence-corrected chi connectivity index (χ3v) is 4.31. The van der Waals surface area contributed by atoms with Crippen molar-refractivity contribution in [1.82, 2.24) is 25.3 Å². The number of carbonyl (C=O) groups excluding carboxylic acids is 1. The topological polar surface area (TPSA) is 158 Å². The lowest BCUT2D eigenvalue weighted by molar-refractivity contribution is -0.147. The molecular weight excluding hydrogens is 350 g/mol. The Labute approximate surface area is 146 Å². The van der Waals surface area contributed by atoms with Gasteiger partial charge in [0.15, 0.2) is 5.65 Å². The van der Waals surface area contributed by atoms with Crippen LogP contribution in [0.5, 0.6) is 0 Å². The molecule has 0 aliphatic heterocycles. The van der Waals surface area contributed by atoms with Gasteiger partial charge in [0.05, 0.1) is 12.7 Å². The molecule has 1 amide bonds. The first kappa shape index (κ1) is 18.6. The average molecular weight is 367 g/mol. The van der Waals surface area contributed by atoms with E-state index in [0.29, 0.717) is 18.5 Å². The predicted octanol–water partition coefficient (Wildman–Crippen LogP) is 0.659. The monoisotopic (exact) mass is 367 g/mol. The molecular formula is C14H17N5O5S. The van der Waals surface area contributed by atoms with Crippen molar-refractivity contribution in [3.05, 3.63) is 12.7 Å². The average Bonchev–Trinajstić information content (AvgIpc) is 3.02. The molecule has 0 aromatic carbocycles. The van der Waals surface area contributed by atoms with Crippen molar-refractivity contribution in [3.63, 3.8) is 0 Å². The van der Waals surface area contributed by atoms with Crippen LogP contribution in [0.1, 0.15) is 25.7 Å². The Morgan fingerprint density at radius 1 is 1.20 bits per heavy atom. The molecule has 0 aliphatic rings. The van der Waals surface area contributed by atoms with E-state index in [2.05, 4.69) is 25.3 Å². The van der Waals surface area contributed by atoms with Crippen molar-refractivity contribution in [1.29, 1.82) is 0 Å². The van der Waals surface area contributed by atoms with Gasteiger partial charge in [-0.05, 0) is 18.6 Å². The Morgan fingerprint density at radius 3 is 2.72 bits per heavy atom. The van der Waals surface area contributed by atoms with Gasteiger partial charge in [-0.25, -0.2) is 19.7 Å². The lowest BCUT2D eigenvalue weighted by Crippen LogP contribution is -2.42. The first-order valence-electron chi connectivity index (χ1n) is 7.48. The Bertz CT molecular complexity index is 765. The van der Waals surface area contributed by atoms with Gasteiger partial charge < -0.3 is 20.5 Å². The van der Waals surface area contributed by atoms with Gasteiger partial charge in [0.1, 0.15) is 22.9 Å². The molecule has 25 heavy (non-hydrogen) atoms. The van der Waals surface area contributed by atoms with E-state index in [-0.39, 0.29) is 6.42 Å². The van der Waals surface area contributed by atoms with Crippen LogP contribution >= 0.6 is 11.8 Å². The summed E-state index contributed by atoms with van der Waals surface area (Å²) in [6, 6.07) is -1.41. The van der Waals surface area contributed by atoms with E-state index in [4.69, 9.17) is 10.2 Å². The molecule has 0 unspecified atom stereocenters. The molecule has 11 heteroatoms. The fraction of sp³-hybridized carbons (Fsp3) is 0.429. The number of unbranched alkanes of at least 4 members (excludes halogenated alkanes) is 1. The number of thioether (sulfide) groups is 1. The number of rotatable bonds is 10. The smallest absolute Gasteiger partial charge is 0.326 e. The number of hydrogen-bond donors (Lipinski definition) is 4. The Morgan fingerprint density at radius 2 is 2.00 bits per heavy atom. The van der Waals surface area contributed by atoms with Crippen molar-refractivity contribution in [3.8, 4) is 0 Å². The van der Waals surface area contributed by atoms with Crippen LogP contribution in [-0.4, -0.2) is 59.8 Å². The number of aromatic nitrogens is 4. The molecule has 0 radical (unpaired) electrons. The van der Waals surface area contributed by atoms with Crippen LogP contribution in [0.15, 0.2) is 17.7 Å². The maximum Gasteiger partial charge on any atom is 0.326 e. The van der Waals surface area contributed by atoms with E-state index in [0.717, 1.165) is 16.3 Å². The number of imidazole rings is 1. The van der Waals surface area contributed by atoms with Crippen LogP contribution in [-0.2, 0) is 14.4 Å². The minimum absolute atomic E-state index is 0.132. The summed E-state index contributed by atoms with van der Waals surface area (Å²) in [6.45, 7) is 0. The van der Waals surface area contributed by atoms with Crippen LogP contribution in [0, 0.1) is 0 Å². The normalized spacial score (nSPS) is 12.0. The number of nitrogens with one attached hydrogen (secondary N) is 2. The quantitative estimate of drug-likeness (QED) is 0.269. The Kier molecular flexibility index (Phi) is 6.69. The van der Waals surface area contributed by atoms with Crippen molar-refractivity contribution < 1.29 is 24.6 Å². The standard InChI is InChI=1S/C14H17N5O5S/c20-9(19-8(14(23)24)5-10(21)22)3-1-2-4-25-13-11-12(16-6-15-11)17-7-18-13/h6-8H,1-5H2,(H,19,20)(H,21,22)(H,23,24)(H,15,16,17,18)/t8-/m0/s1. The van der Waals surface area contributed by atoms with Crippen molar-refractivity contribution in [2.45, 2.75) is 36.8 Å². The number of carboxylic acids is 2. The number of carboxylic acid groups (broad SMARTS) is 2. The molecule has 2 rings (SSSR count). The molecule has 0 aliphatic carbocycles. The fourth-order valence-electron chi connectivity index (χ4n) is 2.05. The zero-order valence-corrected chi connectivity index (χ0v) is 14.0. The van der Waals surface area contributed by atoms with Crippen LogP contribution in [0.3, 0.4) is 0 Å². The van der Waals surface area contributed by atoms with Crippen molar-refractivity contribution >= 4 is 40.8 Å². The molecule has 0 bridgehead atoms. The van der Waals surface area contributed by atoms with E-state index in [1.54, 1.807) is 6.33 Å². The van der Waals surface area contributed by atoms with E-state index >= 15 is 0 Å². The number of H-pyrrole nitrogens is 1. The molecule has 1 atom stereocenters. The van der Waals surface area contributed by atoms with Crippen LogP contribution in [0.25, 0.3) is 11.2 Å². The number of carbonyl (C=O) groups is 3. The molecule has 0 saturated heterocycles. The lowest BCUT2D eigenvalue weighted by atomic mass is 10.2. The summed E-state index contributed by atoms with van der Waals surface area (Å²) in [6.07, 6.45) is 3.74. The number of amides is 1. The summed E-state index contributed by atoms with van der Waals surface area (Å²) in [4.78, 5) is 48.4. The van der Waals surface area contributed by atoms with Gasteiger partial charge in [-0.2, -0.15) is 0 Å². The first-order valence-corrected chi connectivity index (χ1v) is 8.46. The van der Waals surface area contributed by atoms with Crippen molar-refractivity contribution in [2.75, 3.05) is 5.75 Å². The molecule has 2 aromatic rings. The number of nitrogens with zero attached hydrogens (tertiary/aromatic N) is 3. The summed E-state index contributed by atoms with van der Waals surface area (Å²) in [7, 11) is 0. The molecule has 2 aromatic heterocycles. The summed E-state index contributed by atoms with van der Waals surface area (Å²) in [5.41, 5.74) is 1.36. The maximum absolute atomic E-state index is 11.7. The van der Waals surface area contributed by atoms with Crippen molar-refractivity contribution in [2.24, 2.45) is 0 Å². The van der Waals surface area contributed by atoms with Gasteiger partial charge in [0.25, 0.3) is 0 Å². The molecule has 0 spiro atoms. The van der Waals surface area contributed by atoms with Gasteiger partial charge in [-0.3, -0.25) is 9.59 Å². The van der Waals surface area contributed by atoms with E-state index in [1.165, 1.54) is 18.1 Å². The summed E-state index contributed by atoms with van der Waals surface area (Å²) < 4.78 is 0. The number of hydrogen-bond acceptors (Lipinski definition) is 7. The maximum atomic E-state index is 11.7. The largest absolute Gasteiger partial charge is 0.481 e. The van der Waals surface area contributed by atoms with Gasteiger partial charge in [-0.1, -0.05) is 0 Å². The molecule has 10 nitrogen and oxygen atoms in total. The molecule has 2 heterocycles. The van der Waals surface area contributed by atoms with E-state index in [1.807, 2.05) is 0 Å². The first-order chi connectivity index (χ1) is 12.0. The van der Waals surface area contributed by atoms with Crippen LogP contribution < -0.4 is 5.32 Å². The summed E-state index contributed by atoms with van der Waals surface area (Å²) in [5, 5.41) is 20.5. The Hall–Kier alpha value is -2.69. The van der Waals surface area contributed by atoms with E-state index < -0.39 is 30.3 Å². The highest BCUT2D eigenvalue weighted by Gasteiger charge is 2.22. The van der Waals surface area contributed by atoms with Gasteiger partial charge in [-0.15, -0.1) is 11.8 Å². The van der Waals surface area contributed by atoms with Crippen LogP contribution in [0.4, 0.5) is 0 Å². The third-order valence-electron chi connectivity index (χ3n) is 3.24. The molecule has 0 saturated carbocycles. The Balaban J connectivity index is 1.70. The minimum Gasteiger partial charge on any atom is -0.481 e. The highest BCUT2D eigenvalue weighted by Crippen LogP contribution is 2.22. The van der Waals surface area contributed by atoms with E-state index in [9.17, 15) is 14.4 Å². The lowest BCUT2D eigenvalue weighted by Gasteiger charge is -2.12. The van der Waals surface area contributed by atoms with Crippen LogP contribution in [0.2, 0.25) is 0 Å². The second-order valence-electron chi connectivity index (χ2n) is 5.14. The fourth-order valence-corrected chi connectivity index (χ4v) is 3.01.